The lowest BCUT2D eigenvalue weighted by Crippen LogP contribution is -2.03. The fourth-order valence-corrected chi connectivity index (χ4v) is 1.64. The van der Waals surface area contributed by atoms with Crippen LogP contribution < -0.4 is 4.74 Å². The number of fused-ring (bicyclic) bond motifs is 1. The van der Waals surface area contributed by atoms with Crippen molar-refractivity contribution >= 4 is 17.1 Å². The molecule has 0 saturated heterocycles. The second-order valence-electron chi connectivity index (χ2n) is 3.81. The van der Waals surface area contributed by atoms with Crippen LogP contribution in [0.15, 0.2) is 42.9 Å². The Kier molecular flexibility index (Phi) is 2.92. The van der Waals surface area contributed by atoms with Crippen LogP contribution in [-0.4, -0.2) is 31.0 Å². The van der Waals surface area contributed by atoms with Gasteiger partial charge in [-0.3, -0.25) is 4.98 Å². The van der Waals surface area contributed by atoms with Crippen molar-refractivity contribution in [1.82, 2.24) is 19.9 Å². The van der Waals surface area contributed by atoms with Crippen LogP contribution in [0.1, 0.15) is 10.5 Å². The summed E-state index contributed by atoms with van der Waals surface area (Å²) < 4.78 is 5.46. The fourth-order valence-electron chi connectivity index (χ4n) is 1.64. The van der Waals surface area contributed by atoms with Crippen LogP contribution in [0.3, 0.4) is 0 Å². The highest BCUT2D eigenvalue weighted by atomic mass is 16.5. The van der Waals surface area contributed by atoms with E-state index in [9.17, 15) is 4.79 Å². The Morgan fingerprint density at radius 1 is 1.05 bits per heavy atom. The van der Waals surface area contributed by atoms with Crippen molar-refractivity contribution in [2.75, 3.05) is 0 Å². The van der Waals surface area contributed by atoms with Crippen LogP contribution in [-0.2, 0) is 0 Å². The quantitative estimate of drug-likeness (QED) is 0.774. The highest BCUT2D eigenvalue weighted by Gasteiger charge is 2.13. The Morgan fingerprint density at radius 3 is 2.75 bits per heavy atom. The summed E-state index contributed by atoms with van der Waals surface area (Å²) >= 11 is 0. The number of hydrogen-bond acceptors (Lipinski definition) is 6. The molecule has 7 nitrogen and oxygen atoms in total. The number of hydrogen-bond donors (Lipinski definition) is 1. The van der Waals surface area contributed by atoms with Crippen molar-refractivity contribution in [3.8, 4) is 11.6 Å². The molecule has 3 aromatic heterocycles. The van der Waals surface area contributed by atoms with Crippen molar-refractivity contribution in [2.45, 2.75) is 0 Å². The van der Waals surface area contributed by atoms with Crippen LogP contribution >= 0.6 is 0 Å². The molecule has 0 spiro atoms. The van der Waals surface area contributed by atoms with Gasteiger partial charge >= 0.3 is 5.97 Å². The number of carboxylic acid groups (broad SMARTS) is 1. The average Bonchev–Trinajstić information content (AvgIpc) is 2.47. The monoisotopic (exact) mass is 268 g/mol. The minimum atomic E-state index is -1.17. The standard InChI is InChI=1S/C13H8N4O3/c18-13(19)11-9(2-1-5-15-11)20-10-4-3-8-12(17-10)16-7-6-14-8/h1-7H,(H,18,19). The number of nitrogens with zero attached hydrogens (tertiary/aromatic N) is 4. The lowest BCUT2D eigenvalue weighted by atomic mass is 10.3. The molecule has 0 fully saturated rings. The van der Waals surface area contributed by atoms with E-state index in [0.717, 1.165) is 0 Å². The van der Waals surface area contributed by atoms with Crippen molar-refractivity contribution in [3.63, 3.8) is 0 Å². The Hall–Kier alpha value is -3.09. The van der Waals surface area contributed by atoms with E-state index in [-0.39, 0.29) is 17.3 Å². The lowest BCUT2D eigenvalue weighted by Gasteiger charge is -2.06. The predicted molar refractivity (Wildman–Crippen MR) is 68.6 cm³/mol. The number of rotatable bonds is 3. The van der Waals surface area contributed by atoms with E-state index in [2.05, 4.69) is 19.9 Å². The van der Waals surface area contributed by atoms with Crippen LogP contribution in [0.4, 0.5) is 0 Å². The maximum Gasteiger partial charge on any atom is 0.358 e. The molecule has 0 aliphatic heterocycles. The highest BCUT2D eigenvalue weighted by molar-refractivity contribution is 5.88. The maximum absolute atomic E-state index is 11.0. The summed E-state index contributed by atoms with van der Waals surface area (Å²) in [5, 5.41) is 9.03. The van der Waals surface area contributed by atoms with Crippen molar-refractivity contribution < 1.29 is 14.6 Å². The van der Waals surface area contributed by atoms with E-state index in [1.54, 1.807) is 24.4 Å². The molecule has 7 heteroatoms. The van der Waals surface area contributed by atoms with Gasteiger partial charge in [-0.2, -0.15) is 4.98 Å². The largest absolute Gasteiger partial charge is 0.476 e. The molecular formula is C13H8N4O3. The molecule has 3 heterocycles. The second kappa shape index (κ2) is 4.88. The zero-order valence-electron chi connectivity index (χ0n) is 10.1. The number of carbonyl (C=O) groups is 1. The van der Waals surface area contributed by atoms with Crippen molar-refractivity contribution in [2.24, 2.45) is 0 Å². The van der Waals surface area contributed by atoms with Gasteiger partial charge in [0, 0.05) is 24.7 Å². The fraction of sp³-hybridized carbons (Fsp3) is 0. The summed E-state index contributed by atoms with van der Waals surface area (Å²) in [4.78, 5) is 27.1. The molecule has 3 aromatic rings. The molecule has 0 unspecified atom stereocenters. The maximum atomic E-state index is 11.0. The van der Waals surface area contributed by atoms with Gasteiger partial charge in [0.05, 0.1) is 0 Å². The highest BCUT2D eigenvalue weighted by Crippen LogP contribution is 2.23. The number of ether oxygens (including phenoxy) is 1. The minimum absolute atomic E-state index is 0.121. The Labute approximate surface area is 112 Å². The van der Waals surface area contributed by atoms with Gasteiger partial charge in [0.15, 0.2) is 17.1 Å². The molecule has 0 atom stereocenters. The Bertz CT molecular complexity index is 791. The summed E-state index contributed by atoms with van der Waals surface area (Å²) in [6, 6.07) is 6.39. The lowest BCUT2D eigenvalue weighted by molar-refractivity contribution is 0.0687. The van der Waals surface area contributed by atoms with Gasteiger partial charge in [-0.05, 0) is 18.2 Å². The Morgan fingerprint density at radius 2 is 1.90 bits per heavy atom. The molecule has 0 aliphatic rings. The van der Waals surface area contributed by atoms with Crippen LogP contribution in [0.5, 0.6) is 11.6 Å². The molecular weight excluding hydrogens is 260 g/mol. The summed E-state index contributed by atoms with van der Waals surface area (Å²) in [5.41, 5.74) is 0.879. The topological polar surface area (TPSA) is 98.1 Å². The molecule has 3 rings (SSSR count). The first-order valence-electron chi connectivity index (χ1n) is 5.68. The van der Waals surface area contributed by atoms with Gasteiger partial charge in [0.25, 0.3) is 0 Å². The minimum Gasteiger partial charge on any atom is -0.476 e. The average molecular weight is 268 g/mol. The molecule has 0 radical (unpaired) electrons. The normalized spacial score (nSPS) is 10.4. The van der Waals surface area contributed by atoms with Crippen molar-refractivity contribution in [3.05, 3.63) is 48.5 Å². The third-order valence-corrected chi connectivity index (χ3v) is 2.49. The third kappa shape index (κ3) is 2.24. The first-order valence-corrected chi connectivity index (χ1v) is 5.68. The molecule has 0 aromatic carbocycles. The number of aromatic nitrogens is 4. The number of carboxylic acids is 1. The van der Waals surface area contributed by atoms with Crippen LogP contribution in [0, 0.1) is 0 Å². The second-order valence-corrected chi connectivity index (χ2v) is 3.81. The van der Waals surface area contributed by atoms with Crippen LogP contribution in [0.2, 0.25) is 0 Å². The van der Waals surface area contributed by atoms with E-state index >= 15 is 0 Å². The van der Waals surface area contributed by atoms with E-state index in [1.807, 2.05) is 0 Å². The van der Waals surface area contributed by atoms with Crippen LogP contribution in [0.25, 0.3) is 11.2 Å². The molecule has 0 aliphatic carbocycles. The van der Waals surface area contributed by atoms with E-state index in [1.165, 1.54) is 18.5 Å². The van der Waals surface area contributed by atoms with Gasteiger partial charge in [0.1, 0.15) is 5.52 Å². The third-order valence-electron chi connectivity index (χ3n) is 2.49. The first kappa shape index (κ1) is 12.0. The molecule has 0 amide bonds. The summed E-state index contributed by atoms with van der Waals surface area (Å²) in [6.07, 6.45) is 4.47. The van der Waals surface area contributed by atoms with Gasteiger partial charge in [-0.1, -0.05) is 0 Å². The molecule has 0 bridgehead atoms. The number of aromatic carboxylic acids is 1. The summed E-state index contributed by atoms with van der Waals surface area (Å²) in [5.74, 6) is -0.814. The predicted octanol–water partition coefficient (Wildman–Crippen LogP) is 1.91. The van der Waals surface area contributed by atoms with E-state index in [0.29, 0.717) is 11.2 Å². The zero-order valence-corrected chi connectivity index (χ0v) is 10.1. The van der Waals surface area contributed by atoms with Gasteiger partial charge in [0.2, 0.25) is 5.88 Å². The van der Waals surface area contributed by atoms with E-state index < -0.39 is 5.97 Å². The Balaban J connectivity index is 1.99. The van der Waals surface area contributed by atoms with Crippen molar-refractivity contribution in [1.29, 1.82) is 0 Å². The number of pyridine rings is 2. The first-order chi connectivity index (χ1) is 9.74. The molecule has 20 heavy (non-hydrogen) atoms. The van der Waals surface area contributed by atoms with Gasteiger partial charge in [-0.25, -0.2) is 14.8 Å². The van der Waals surface area contributed by atoms with Gasteiger partial charge < -0.3 is 9.84 Å². The van der Waals surface area contributed by atoms with E-state index in [4.69, 9.17) is 9.84 Å². The SMILES string of the molecule is O=C(O)c1ncccc1Oc1ccc2nccnc2n1. The zero-order chi connectivity index (χ0) is 13.9. The smallest absolute Gasteiger partial charge is 0.358 e. The molecule has 0 saturated carbocycles. The molecule has 98 valence electrons. The summed E-state index contributed by atoms with van der Waals surface area (Å²) in [6.45, 7) is 0. The molecule has 1 N–H and O–H groups in total. The summed E-state index contributed by atoms with van der Waals surface area (Å²) in [7, 11) is 0. The van der Waals surface area contributed by atoms with Gasteiger partial charge in [-0.15, -0.1) is 0 Å².